The molecule has 1 aliphatic rings. The first-order chi connectivity index (χ1) is 11.3. The maximum atomic E-state index is 12.3. The van der Waals surface area contributed by atoms with Crippen LogP contribution in [-0.2, 0) is 6.54 Å². The van der Waals surface area contributed by atoms with Crippen LogP contribution in [0.3, 0.4) is 0 Å². The molecule has 1 amide bonds. The second kappa shape index (κ2) is 7.65. The van der Waals surface area contributed by atoms with Gasteiger partial charge in [-0.15, -0.1) is 0 Å². The molecule has 3 rings (SSSR count). The predicted octanol–water partition coefficient (Wildman–Crippen LogP) is 1.98. The van der Waals surface area contributed by atoms with Crippen molar-refractivity contribution in [3.63, 3.8) is 0 Å². The Morgan fingerprint density at radius 3 is 2.65 bits per heavy atom. The van der Waals surface area contributed by atoms with Crippen LogP contribution in [0.15, 0.2) is 48.5 Å². The SMILES string of the molecule is O=C(NCCNCc1ccccc1)c1cccc2c1OCCO2. The highest BCUT2D eigenvalue weighted by Gasteiger charge is 2.19. The van der Waals surface area contributed by atoms with Crippen molar-refractivity contribution in [1.29, 1.82) is 0 Å². The number of hydrogen-bond donors (Lipinski definition) is 2. The minimum Gasteiger partial charge on any atom is -0.486 e. The van der Waals surface area contributed by atoms with Gasteiger partial charge < -0.3 is 20.1 Å². The van der Waals surface area contributed by atoms with Crippen LogP contribution in [0.25, 0.3) is 0 Å². The summed E-state index contributed by atoms with van der Waals surface area (Å²) in [6.07, 6.45) is 0. The summed E-state index contributed by atoms with van der Waals surface area (Å²) in [6.45, 7) is 3.02. The Balaban J connectivity index is 1.47. The van der Waals surface area contributed by atoms with E-state index >= 15 is 0 Å². The Hall–Kier alpha value is -2.53. The summed E-state index contributed by atoms with van der Waals surface area (Å²) in [7, 11) is 0. The van der Waals surface area contributed by atoms with Gasteiger partial charge in [-0.3, -0.25) is 4.79 Å². The zero-order valence-electron chi connectivity index (χ0n) is 12.9. The molecule has 2 N–H and O–H groups in total. The molecule has 0 aliphatic carbocycles. The number of fused-ring (bicyclic) bond motifs is 1. The lowest BCUT2D eigenvalue weighted by atomic mass is 10.1. The van der Waals surface area contributed by atoms with Crippen LogP contribution in [-0.4, -0.2) is 32.2 Å². The summed E-state index contributed by atoms with van der Waals surface area (Å²) in [5.74, 6) is 1.02. The van der Waals surface area contributed by atoms with Crippen LogP contribution in [0.5, 0.6) is 11.5 Å². The molecule has 120 valence electrons. The van der Waals surface area contributed by atoms with Crippen molar-refractivity contribution >= 4 is 5.91 Å². The third-order valence-corrected chi connectivity index (χ3v) is 3.57. The summed E-state index contributed by atoms with van der Waals surface area (Å²) in [5.41, 5.74) is 1.74. The smallest absolute Gasteiger partial charge is 0.255 e. The van der Waals surface area contributed by atoms with Gasteiger partial charge in [0.25, 0.3) is 5.91 Å². The average molecular weight is 312 g/mol. The number of nitrogens with one attached hydrogen (secondary N) is 2. The van der Waals surface area contributed by atoms with Crippen molar-refractivity contribution in [2.24, 2.45) is 0 Å². The van der Waals surface area contributed by atoms with E-state index in [9.17, 15) is 4.79 Å². The molecular weight excluding hydrogens is 292 g/mol. The highest BCUT2D eigenvalue weighted by Crippen LogP contribution is 2.33. The number of hydrogen-bond acceptors (Lipinski definition) is 4. The molecule has 0 radical (unpaired) electrons. The van der Waals surface area contributed by atoms with E-state index in [0.29, 0.717) is 43.4 Å². The van der Waals surface area contributed by atoms with Gasteiger partial charge in [0, 0.05) is 19.6 Å². The number of rotatable bonds is 6. The molecule has 0 saturated carbocycles. The van der Waals surface area contributed by atoms with Gasteiger partial charge in [-0.25, -0.2) is 0 Å². The largest absolute Gasteiger partial charge is 0.486 e. The second-order valence-corrected chi connectivity index (χ2v) is 5.25. The minimum atomic E-state index is -0.145. The van der Waals surface area contributed by atoms with E-state index in [-0.39, 0.29) is 5.91 Å². The molecule has 0 unspecified atom stereocenters. The summed E-state index contributed by atoms with van der Waals surface area (Å²) >= 11 is 0. The number of amides is 1. The first kappa shape index (κ1) is 15.4. The predicted molar refractivity (Wildman–Crippen MR) is 87.9 cm³/mol. The fourth-order valence-electron chi connectivity index (χ4n) is 2.44. The zero-order chi connectivity index (χ0) is 15.9. The molecule has 0 saturated heterocycles. The quantitative estimate of drug-likeness (QED) is 0.801. The molecule has 2 aromatic rings. The lowest BCUT2D eigenvalue weighted by molar-refractivity contribution is 0.0943. The molecule has 1 heterocycles. The van der Waals surface area contributed by atoms with Crippen molar-refractivity contribution in [2.75, 3.05) is 26.3 Å². The Kier molecular flexibility index (Phi) is 5.11. The third-order valence-electron chi connectivity index (χ3n) is 3.57. The molecule has 0 fully saturated rings. The van der Waals surface area contributed by atoms with Crippen molar-refractivity contribution in [3.05, 3.63) is 59.7 Å². The van der Waals surface area contributed by atoms with Crippen molar-refractivity contribution < 1.29 is 14.3 Å². The molecule has 0 aromatic heterocycles. The molecule has 5 heteroatoms. The maximum Gasteiger partial charge on any atom is 0.255 e. The fourth-order valence-corrected chi connectivity index (χ4v) is 2.44. The van der Waals surface area contributed by atoms with E-state index in [4.69, 9.17) is 9.47 Å². The Labute approximate surface area is 135 Å². The van der Waals surface area contributed by atoms with E-state index in [0.717, 1.165) is 6.54 Å². The number of para-hydroxylation sites is 1. The van der Waals surface area contributed by atoms with Crippen LogP contribution in [0.1, 0.15) is 15.9 Å². The highest BCUT2D eigenvalue weighted by molar-refractivity contribution is 5.97. The first-order valence-electron chi connectivity index (χ1n) is 7.76. The first-order valence-corrected chi connectivity index (χ1v) is 7.76. The Morgan fingerprint density at radius 1 is 0.957 bits per heavy atom. The highest BCUT2D eigenvalue weighted by atomic mass is 16.6. The molecular formula is C18H20N2O3. The van der Waals surface area contributed by atoms with Crippen LogP contribution in [0.2, 0.25) is 0 Å². The maximum absolute atomic E-state index is 12.3. The third kappa shape index (κ3) is 4.02. The molecule has 0 atom stereocenters. The second-order valence-electron chi connectivity index (χ2n) is 5.25. The van der Waals surface area contributed by atoms with Crippen LogP contribution >= 0.6 is 0 Å². The van der Waals surface area contributed by atoms with Crippen LogP contribution < -0.4 is 20.1 Å². The topological polar surface area (TPSA) is 59.6 Å². The molecule has 5 nitrogen and oxygen atoms in total. The average Bonchev–Trinajstić information content (AvgIpc) is 2.61. The van der Waals surface area contributed by atoms with Gasteiger partial charge in [0.15, 0.2) is 11.5 Å². The molecule has 2 aromatic carbocycles. The summed E-state index contributed by atoms with van der Waals surface area (Å²) in [5, 5.41) is 6.20. The zero-order valence-corrected chi connectivity index (χ0v) is 12.9. The number of benzene rings is 2. The van der Waals surface area contributed by atoms with E-state index in [1.54, 1.807) is 12.1 Å². The number of ether oxygens (including phenoxy) is 2. The van der Waals surface area contributed by atoms with Gasteiger partial charge >= 0.3 is 0 Å². The molecule has 23 heavy (non-hydrogen) atoms. The number of carbonyl (C=O) groups excluding carboxylic acids is 1. The van der Waals surface area contributed by atoms with Crippen molar-refractivity contribution in [2.45, 2.75) is 6.54 Å². The van der Waals surface area contributed by atoms with Crippen molar-refractivity contribution in [3.8, 4) is 11.5 Å². The summed E-state index contributed by atoms with van der Waals surface area (Å²) < 4.78 is 11.0. The Morgan fingerprint density at radius 2 is 1.78 bits per heavy atom. The van der Waals surface area contributed by atoms with Gasteiger partial charge in [-0.05, 0) is 17.7 Å². The van der Waals surface area contributed by atoms with Gasteiger partial charge in [-0.2, -0.15) is 0 Å². The minimum absolute atomic E-state index is 0.145. The van der Waals surface area contributed by atoms with E-state index < -0.39 is 0 Å². The van der Waals surface area contributed by atoms with Crippen molar-refractivity contribution in [1.82, 2.24) is 10.6 Å². The van der Waals surface area contributed by atoms with E-state index in [2.05, 4.69) is 22.8 Å². The number of carbonyl (C=O) groups is 1. The van der Waals surface area contributed by atoms with Gasteiger partial charge in [0.2, 0.25) is 0 Å². The monoisotopic (exact) mass is 312 g/mol. The van der Waals surface area contributed by atoms with Gasteiger partial charge in [-0.1, -0.05) is 36.4 Å². The standard InChI is InChI=1S/C18H20N2O3/c21-18(15-7-4-8-16-17(15)23-12-11-22-16)20-10-9-19-13-14-5-2-1-3-6-14/h1-8,19H,9-13H2,(H,20,21). The molecule has 1 aliphatic heterocycles. The van der Waals surface area contributed by atoms with Crippen LogP contribution in [0, 0.1) is 0 Å². The van der Waals surface area contributed by atoms with E-state index in [1.165, 1.54) is 5.56 Å². The van der Waals surface area contributed by atoms with Crippen LogP contribution in [0.4, 0.5) is 0 Å². The summed E-state index contributed by atoms with van der Waals surface area (Å²) in [6, 6.07) is 15.5. The van der Waals surface area contributed by atoms with E-state index in [1.807, 2.05) is 24.3 Å². The summed E-state index contributed by atoms with van der Waals surface area (Å²) in [4.78, 5) is 12.3. The van der Waals surface area contributed by atoms with Gasteiger partial charge in [0.1, 0.15) is 13.2 Å². The normalized spacial score (nSPS) is 12.7. The molecule has 0 bridgehead atoms. The fraction of sp³-hybridized carbons (Fsp3) is 0.278. The lowest BCUT2D eigenvalue weighted by Crippen LogP contribution is -2.32. The van der Waals surface area contributed by atoms with Gasteiger partial charge in [0.05, 0.1) is 5.56 Å². The lowest BCUT2D eigenvalue weighted by Gasteiger charge is -2.20. The Bertz CT molecular complexity index is 659. The molecule has 0 spiro atoms.